The van der Waals surface area contributed by atoms with E-state index in [1.54, 1.807) is 12.4 Å². The maximum atomic E-state index is 5.31. The Hall–Kier alpha value is -0.500. The number of nitrogens with zero attached hydrogens (tertiary/aromatic N) is 2. The van der Waals surface area contributed by atoms with E-state index in [9.17, 15) is 0 Å². The Morgan fingerprint density at radius 3 is 1.23 bits per heavy atom. The summed E-state index contributed by atoms with van der Waals surface area (Å²) >= 11 is 5.31. The number of rotatable bonds is 13. The third kappa shape index (κ3) is 17.6. The van der Waals surface area contributed by atoms with Crippen molar-refractivity contribution in [3.8, 4) is 0 Å². The van der Waals surface area contributed by atoms with Crippen LogP contribution >= 0.6 is 11.8 Å². The van der Waals surface area contributed by atoms with Crippen molar-refractivity contribution in [3.05, 3.63) is 18.7 Å². The van der Waals surface area contributed by atoms with Gasteiger partial charge in [0.25, 0.3) is 0 Å². The van der Waals surface area contributed by atoms with Gasteiger partial charge in [-0.05, 0) is 0 Å². The Kier molecular flexibility index (Phi) is 18.1. The fourth-order valence-electron chi connectivity index (χ4n) is 2.51. The highest BCUT2D eigenvalue weighted by Crippen LogP contribution is 2.12. The maximum Gasteiger partial charge on any atom is 0.110 e. The van der Waals surface area contributed by atoms with Gasteiger partial charge in [-0.2, -0.15) is 0 Å². The fourth-order valence-corrected chi connectivity index (χ4v) is 2.61. The van der Waals surface area contributed by atoms with Gasteiger partial charge in [-0.3, -0.25) is 0 Å². The van der Waals surface area contributed by atoms with E-state index in [2.05, 4.69) is 18.8 Å². The van der Waals surface area contributed by atoms with Crippen LogP contribution in [-0.4, -0.2) is 9.07 Å². The van der Waals surface area contributed by atoms with Gasteiger partial charge in [0.1, 0.15) is 6.33 Å². The molecule has 0 saturated heterocycles. The summed E-state index contributed by atoms with van der Waals surface area (Å²) in [6, 6.07) is 0. The second-order valence-corrected chi connectivity index (χ2v) is 6.54. The zero-order valence-corrected chi connectivity index (χ0v) is 15.7. The highest BCUT2D eigenvalue weighted by Gasteiger charge is 1.92. The van der Waals surface area contributed by atoms with E-state index < -0.39 is 0 Å². The first-order valence-corrected chi connectivity index (χ1v) is 9.79. The molecule has 0 bridgehead atoms. The second-order valence-electron chi connectivity index (χ2n) is 6.15. The lowest BCUT2D eigenvalue weighted by molar-refractivity contribution is 0.538. The van der Waals surface area contributed by atoms with Crippen LogP contribution in [-0.2, 0) is 0 Å². The van der Waals surface area contributed by atoms with E-state index in [1.807, 2.05) is 0 Å². The SMILES string of the molecule is CCCCCCCCCCCCCCCC.Cln1ccnc1. The third-order valence-corrected chi connectivity index (χ3v) is 4.13. The molecule has 1 aromatic heterocycles. The van der Waals surface area contributed by atoms with Crippen molar-refractivity contribution >= 4 is 11.8 Å². The highest BCUT2D eigenvalue weighted by molar-refractivity contribution is 6.15. The van der Waals surface area contributed by atoms with Gasteiger partial charge < -0.3 is 0 Å². The normalized spacial score (nSPS) is 10.3. The van der Waals surface area contributed by atoms with Crippen molar-refractivity contribution < 1.29 is 0 Å². The molecule has 0 N–H and O–H groups in total. The Labute approximate surface area is 143 Å². The van der Waals surface area contributed by atoms with Gasteiger partial charge in [-0.15, -0.1) is 0 Å². The zero-order valence-electron chi connectivity index (χ0n) is 14.9. The quantitative estimate of drug-likeness (QED) is 0.345. The van der Waals surface area contributed by atoms with E-state index in [0.29, 0.717) is 0 Å². The van der Waals surface area contributed by atoms with Crippen LogP contribution in [0.3, 0.4) is 0 Å². The molecule has 0 amide bonds. The molecule has 1 heterocycles. The van der Waals surface area contributed by atoms with Crippen LogP contribution in [0.2, 0.25) is 0 Å². The minimum absolute atomic E-state index is 1.36. The van der Waals surface area contributed by atoms with Crippen LogP contribution in [0.5, 0.6) is 0 Å². The molecule has 0 aliphatic heterocycles. The summed E-state index contributed by atoms with van der Waals surface area (Å²) in [6.45, 7) is 4.58. The molecule has 0 unspecified atom stereocenters. The first-order valence-electron chi connectivity index (χ1n) is 9.45. The van der Waals surface area contributed by atoms with E-state index in [-0.39, 0.29) is 0 Å². The fraction of sp³-hybridized carbons (Fsp3) is 0.842. The molecule has 0 saturated carbocycles. The van der Waals surface area contributed by atoms with Crippen molar-refractivity contribution in [2.45, 2.75) is 104 Å². The molecule has 0 aliphatic carbocycles. The van der Waals surface area contributed by atoms with E-state index in [4.69, 9.17) is 11.8 Å². The number of halogens is 1. The predicted octanol–water partition coefficient (Wildman–Crippen LogP) is 7.37. The zero-order chi connectivity index (χ0) is 16.3. The average molecular weight is 329 g/mol. The topological polar surface area (TPSA) is 17.8 Å². The van der Waals surface area contributed by atoms with Crippen molar-refractivity contribution in [2.75, 3.05) is 0 Å². The smallest absolute Gasteiger partial charge is 0.110 e. The Bertz CT molecular complexity index is 272. The van der Waals surface area contributed by atoms with E-state index in [0.717, 1.165) is 0 Å². The Balaban J connectivity index is 0.000000604. The van der Waals surface area contributed by atoms with Crippen molar-refractivity contribution in [3.63, 3.8) is 0 Å². The molecular formula is C19H37ClN2. The number of hydrogen-bond acceptors (Lipinski definition) is 1. The van der Waals surface area contributed by atoms with Gasteiger partial charge in [-0.25, -0.2) is 9.07 Å². The lowest BCUT2D eigenvalue weighted by atomic mass is 10.0. The van der Waals surface area contributed by atoms with Gasteiger partial charge in [0, 0.05) is 24.2 Å². The van der Waals surface area contributed by atoms with Crippen LogP contribution < -0.4 is 0 Å². The molecule has 0 fully saturated rings. The summed E-state index contributed by atoms with van der Waals surface area (Å²) in [6.07, 6.45) is 25.2. The number of hydrogen-bond donors (Lipinski definition) is 0. The van der Waals surface area contributed by atoms with E-state index >= 15 is 0 Å². The average Bonchev–Trinajstić information content (AvgIpc) is 3.00. The van der Waals surface area contributed by atoms with Gasteiger partial charge in [0.15, 0.2) is 0 Å². The minimum Gasteiger partial charge on any atom is -0.249 e. The maximum absolute atomic E-state index is 5.31. The number of unbranched alkanes of at least 4 members (excludes halogenated alkanes) is 13. The van der Waals surface area contributed by atoms with Crippen molar-refractivity contribution in [1.29, 1.82) is 0 Å². The summed E-state index contributed by atoms with van der Waals surface area (Å²) in [5.74, 6) is 0. The highest BCUT2D eigenvalue weighted by atomic mass is 35.5. The lowest BCUT2D eigenvalue weighted by Crippen LogP contribution is -1.82. The number of aromatic nitrogens is 2. The summed E-state index contributed by atoms with van der Waals surface area (Å²) < 4.78 is 1.36. The Morgan fingerprint density at radius 1 is 0.682 bits per heavy atom. The summed E-state index contributed by atoms with van der Waals surface area (Å²) in [5, 5.41) is 0. The van der Waals surface area contributed by atoms with Crippen LogP contribution in [0.4, 0.5) is 0 Å². The molecule has 0 aromatic carbocycles. The summed E-state index contributed by atoms with van der Waals surface area (Å²) in [7, 11) is 0. The van der Waals surface area contributed by atoms with Crippen LogP contribution in [0.25, 0.3) is 0 Å². The standard InChI is InChI=1S/C16H34.C3H3ClN2/c1-3-5-7-9-11-13-15-16-14-12-10-8-6-4-2;4-6-2-1-5-3-6/h3-16H2,1-2H3;1-3H. The van der Waals surface area contributed by atoms with Gasteiger partial charge >= 0.3 is 0 Å². The molecular weight excluding hydrogens is 292 g/mol. The van der Waals surface area contributed by atoms with Gasteiger partial charge in [0.05, 0.1) is 0 Å². The first-order chi connectivity index (χ1) is 10.8. The molecule has 3 heteroatoms. The Morgan fingerprint density at radius 2 is 1.05 bits per heavy atom. The van der Waals surface area contributed by atoms with Crippen molar-refractivity contribution in [2.24, 2.45) is 0 Å². The third-order valence-electron chi connectivity index (χ3n) is 3.93. The first kappa shape index (κ1) is 21.5. The summed E-state index contributed by atoms with van der Waals surface area (Å²) in [4.78, 5) is 3.65. The van der Waals surface area contributed by atoms with Crippen LogP contribution in [0, 0.1) is 0 Å². The molecule has 130 valence electrons. The monoisotopic (exact) mass is 328 g/mol. The molecule has 1 rings (SSSR count). The second kappa shape index (κ2) is 18.5. The van der Waals surface area contributed by atoms with Crippen LogP contribution in [0.1, 0.15) is 104 Å². The predicted molar refractivity (Wildman–Crippen MR) is 99.5 cm³/mol. The summed E-state index contributed by atoms with van der Waals surface area (Å²) in [5.41, 5.74) is 0. The van der Waals surface area contributed by atoms with E-state index in [1.165, 1.54) is 100 Å². The number of imidazole rings is 1. The van der Waals surface area contributed by atoms with Crippen molar-refractivity contribution in [1.82, 2.24) is 9.07 Å². The lowest BCUT2D eigenvalue weighted by Gasteiger charge is -2.02. The largest absolute Gasteiger partial charge is 0.249 e. The van der Waals surface area contributed by atoms with Gasteiger partial charge in [-0.1, -0.05) is 104 Å². The van der Waals surface area contributed by atoms with Gasteiger partial charge in [0.2, 0.25) is 0 Å². The molecule has 0 atom stereocenters. The molecule has 2 nitrogen and oxygen atoms in total. The molecule has 0 spiro atoms. The molecule has 0 aliphatic rings. The minimum atomic E-state index is 1.36. The molecule has 1 aromatic rings. The van der Waals surface area contributed by atoms with Crippen LogP contribution in [0.15, 0.2) is 18.7 Å². The molecule has 0 radical (unpaired) electrons. The molecule has 22 heavy (non-hydrogen) atoms.